The molecule has 0 radical (unpaired) electrons. The minimum Gasteiger partial charge on any atom is -0.508 e. The van der Waals surface area contributed by atoms with E-state index in [2.05, 4.69) is 15.1 Å². The molecule has 1 atom stereocenters. The molecule has 0 aromatic heterocycles. The van der Waals surface area contributed by atoms with Crippen molar-refractivity contribution in [2.45, 2.75) is 50.6 Å². The molecule has 1 amide bonds. The van der Waals surface area contributed by atoms with E-state index in [-0.39, 0.29) is 11.8 Å². The SMILES string of the molecule is N#Cc1ccc(O)cc1.O=C([C@H]1CCCN1)N1CCCN(C2CCC2)CC1. The number of nitriles is 1. The first-order valence-corrected chi connectivity index (χ1v) is 10.1. The van der Waals surface area contributed by atoms with Crippen molar-refractivity contribution in [1.29, 1.82) is 5.26 Å². The zero-order valence-corrected chi connectivity index (χ0v) is 15.9. The summed E-state index contributed by atoms with van der Waals surface area (Å²) >= 11 is 0. The van der Waals surface area contributed by atoms with Gasteiger partial charge in [-0.3, -0.25) is 9.69 Å². The molecule has 4 rings (SSSR count). The number of nitrogens with zero attached hydrogens (tertiary/aromatic N) is 3. The fourth-order valence-corrected chi connectivity index (χ4v) is 3.93. The van der Waals surface area contributed by atoms with Crippen molar-refractivity contribution in [1.82, 2.24) is 15.1 Å². The third kappa shape index (κ3) is 5.44. The van der Waals surface area contributed by atoms with Crippen molar-refractivity contribution in [2.75, 3.05) is 32.7 Å². The summed E-state index contributed by atoms with van der Waals surface area (Å²) in [6.45, 7) is 5.18. The average Bonchev–Trinajstić information content (AvgIpc) is 3.08. The van der Waals surface area contributed by atoms with Gasteiger partial charge in [-0.2, -0.15) is 5.26 Å². The molecule has 1 aromatic rings. The highest BCUT2D eigenvalue weighted by molar-refractivity contribution is 5.82. The van der Waals surface area contributed by atoms with Crippen LogP contribution in [0.3, 0.4) is 0 Å². The third-order valence-electron chi connectivity index (χ3n) is 5.79. The predicted molar refractivity (Wildman–Crippen MR) is 104 cm³/mol. The second kappa shape index (κ2) is 9.72. The van der Waals surface area contributed by atoms with Gasteiger partial charge in [-0.05, 0) is 62.9 Å². The summed E-state index contributed by atoms with van der Waals surface area (Å²) in [5.74, 6) is 0.539. The van der Waals surface area contributed by atoms with E-state index in [9.17, 15) is 4.79 Å². The Morgan fingerprint density at radius 2 is 1.81 bits per heavy atom. The van der Waals surface area contributed by atoms with E-state index in [4.69, 9.17) is 10.4 Å². The number of aromatic hydroxyl groups is 1. The van der Waals surface area contributed by atoms with E-state index >= 15 is 0 Å². The lowest BCUT2D eigenvalue weighted by Gasteiger charge is -2.36. The largest absolute Gasteiger partial charge is 0.508 e. The lowest BCUT2D eigenvalue weighted by molar-refractivity contribution is -0.133. The Morgan fingerprint density at radius 3 is 2.41 bits per heavy atom. The van der Waals surface area contributed by atoms with E-state index < -0.39 is 0 Å². The van der Waals surface area contributed by atoms with E-state index in [1.165, 1.54) is 37.9 Å². The number of carbonyl (C=O) groups is 1. The highest BCUT2D eigenvalue weighted by Crippen LogP contribution is 2.25. The number of amides is 1. The number of hydrogen-bond acceptors (Lipinski definition) is 5. The van der Waals surface area contributed by atoms with Gasteiger partial charge in [0.15, 0.2) is 0 Å². The minimum absolute atomic E-state index is 0.111. The number of nitrogens with one attached hydrogen (secondary N) is 1. The van der Waals surface area contributed by atoms with Crippen LogP contribution < -0.4 is 5.32 Å². The summed E-state index contributed by atoms with van der Waals surface area (Å²) in [6.07, 6.45) is 7.47. The highest BCUT2D eigenvalue weighted by atomic mass is 16.3. The van der Waals surface area contributed by atoms with Crippen LogP contribution >= 0.6 is 0 Å². The predicted octanol–water partition coefficient (Wildman–Crippen LogP) is 2.09. The van der Waals surface area contributed by atoms with Crippen molar-refractivity contribution in [3.05, 3.63) is 29.8 Å². The molecule has 1 aromatic carbocycles. The highest BCUT2D eigenvalue weighted by Gasteiger charge is 2.30. The van der Waals surface area contributed by atoms with Gasteiger partial charge in [0.05, 0.1) is 17.7 Å². The summed E-state index contributed by atoms with van der Waals surface area (Å²) in [4.78, 5) is 17.1. The first kappa shape index (κ1) is 19.7. The maximum Gasteiger partial charge on any atom is 0.239 e. The molecular weight excluding hydrogens is 340 g/mol. The van der Waals surface area contributed by atoms with Crippen molar-refractivity contribution in [2.24, 2.45) is 0 Å². The molecule has 146 valence electrons. The summed E-state index contributed by atoms with van der Waals surface area (Å²) in [7, 11) is 0. The van der Waals surface area contributed by atoms with E-state index in [0.717, 1.165) is 51.5 Å². The van der Waals surface area contributed by atoms with Crippen molar-refractivity contribution in [3.63, 3.8) is 0 Å². The molecule has 1 aliphatic carbocycles. The van der Waals surface area contributed by atoms with E-state index in [1.54, 1.807) is 12.1 Å². The van der Waals surface area contributed by atoms with Gasteiger partial charge in [-0.25, -0.2) is 0 Å². The first-order chi connectivity index (χ1) is 13.2. The van der Waals surface area contributed by atoms with Gasteiger partial charge in [0.1, 0.15) is 5.75 Å². The molecule has 2 saturated heterocycles. The van der Waals surface area contributed by atoms with Crippen LogP contribution in [0.2, 0.25) is 0 Å². The molecule has 3 aliphatic rings. The minimum atomic E-state index is 0.111. The van der Waals surface area contributed by atoms with Gasteiger partial charge in [0.2, 0.25) is 5.91 Å². The number of benzene rings is 1. The van der Waals surface area contributed by atoms with Crippen LogP contribution in [0.25, 0.3) is 0 Å². The van der Waals surface area contributed by atoms with Gasteiger partial charge in [0, 0.05) is 32.2 Å². The quantitative estimate of drug-likeness (QED) is 0.833. The molecule has 2 heterocycles. The normalized spacial score (nSPS) is 23.5. The number of rotatable bonds is 2. The first-order valence-electron chi connectivity index (χ1n) is 10.1. The Hall–Kier alpha value is -2.10. The molecule has 6 heteroatoms. The Balaban J connectivity index is 0.000000197. The summed E-state index contributed by atoms with van der Waals surface area (Å²) in [5, 5.41) is 20.4. The Bertz CT molecular complexity index is 645. The van der Waals surface area contributed by atoms with Crippen molar-refractivity contribution >= 4 is 5.91 Å². The lowest BCUT2D eigenvalue weighted by atomic mass is 9.91. The van der Waals surface area contributed by atoms with Crippen LogP contribution in [0.15, 0.2) is 24.3 Å². The molecule has 1 saturated carbocycles. The van der Waals surface area contributed by atoms with Gasteiger partial charge < -0.3 is 15.3 Å². The van der Waals surface area contributed by atoms with Crippen LogP contribution in [-0.4, -0.2) is 65.6 Å². The third-order valence-corrected chi connectivity index (χ3v) is 5.79. The van der Waals surface area contributed by atoms with Crippen LogP contribution in [-0.2, 0) is 4.79 Å². The van der Waals surface area contributed by atoms with E-state index in [0.29, 0.717) is 11.5 Å². The second-order valence-corrected chi connectivity index (χ2v) is 7.61. The number of carbonyl (C=O) groups excluding carboxylic acids is 1. The molecule has 3 fully saturated rings. The number of hydrogen-bond donors (Lipinski definition) is 2. The van der Waals surface area contributed by atoms with Gasteiger partial charge in [0.25, 0.3) is 0 Å². The number of phenols is 1. The summed E-state index contributed by atoms with van der Waals surface area (Å²) in [6, 6.07) is 8.98. The Kier molecular flexibility index (Phi) is 7.08. The average molecular weight is 370 g/mol. The van der Waals surface area contributed by atoms with Crippen LogP contribution in [0.5, 0.6) is 5.75 Å². The van der Waals surface area contributed by atoms with E-state index in [1.807, 2.05) is 6.07 Å². The molecule has 27 heavy (non-hydrogen) atoms. The molecule has 2 N–H and O–H groups in total. The monoisotopic (exact) mass is 370 g/mol. The lowest BCUT2D eigenvalue weighted by Crippen LogP contribution is -2.46. The number of phenolic OH excluding ortho intramolecular Hbond substituents is 1. The zero-order chi connectivity index (χ0) is 19.1. The molecule has 6 nitrogen and oxygen atoms in total. The molecular formula is C21H30N4O2. The van der Waals surface area contributed by atoms with Crippen LogP contribution in [0.4, 0.5) is 0 Å². The molecule has 0 spiro atoms. The van der Waals surface area contributed by atoms with Crippen LogP contribution in [0, 0.1) is 11.3 Å². The Labute approximate surface area is 161 Å². The maximum atomic E-state index is 12.4. The van der Waals surface area contributed by atoms with Crippen molar-refractivity contribution < 1.29 is 9.90 Å². The molecule has 2 aliphatic heterocycles. The van der Waals surface area contributed by atoms with Crippen LogP contribution in [0.1, 0.15) is 44.1 Å². The zero-order valence-electron chi connectivity index (χ0n) is 15.9. The molecule has 0 bridgehead atoms. The summed E-state index contributed by atoms with van der Waals surface area (Å²) in [5.41, 5.74) is 0.563. The maximum absolute atomic E-state index is 12.4. The van der Waals surface area contributed by atoms with Gasteiger partial charge in [-0.1, -0.05) is 6.42 Å². The smallest absolute Gasteiger partial charge is 0.239 e. The topological polar surface area (TPSA) is 79.6 Å². The second-order valence-electron chi connectivity index (χ2n) is 7.61. The fraction of sp³-hybridized carbons (Fsp3) is 0.619. The standard InChI is InChI=1S/C14H25N3O.C7H5NO/c18-14(13-6-2-7-15-13)17-9-3-8-16(10-11-17)12-4-1-5-12;8-5-6-1-3-7(9)4-2-6/h12-13,15H,1-11H2;1-4,9H/t13-;/m1./s1. The summed E-state index contributed by atoms with van der Waals surface area (Å²) < 4.78 is 0. The van der Waals surface area contributed by atoms with Gasteiger partial charge in [-0.15, -0.1) is 0 Å². The molecule has 0 unspecified atom stereocenters. The fourth-order valence-electron chi connectivity index (χ4n) is 3.93. The van der Waals surface area contributed by atoms with Gasteiger partial charge >= 0.3 is 0 Å². The van der Waals surface area contributed by atoms with Crippen molar-refractivity contribution in [3.8, 4) is 11.8 Å². The Morgan fingerprint density at radius 1 is 1.04 bits per heavy atom.